The van der Waals surface area contributed by atoms with E-state index in [9.17, 15) is 9.59 Å². The average Bonchev–Trinajstić information content (AvgIpc) is 2.67. The second kappa shape index (κ2) is 8.30. The van der Waals surface area contributed by atoms with Crippen molar-refractivity contribution in [2.45, 2.75) is 19.3 Å². The molecule has 0 heterocycles. The van der Waals surface area contributed by atoms with Crippen molar-refractivity contribution in [3.8, 4) is 0 Å². The van der Waals surface area contributed by atoms with Crippen molar-refractivity contribution in [2.75, 3.05) is 12.4 Å². The summed E-state index contributed by atoms with van der Waals surface area (Å²) in [7, 11) is 1.64. The van der Waals surface area contributed by atoms with E-state index in [0.717, 1.165) is 27.6 Å². The molecule has 0 atom stereocenters. The molecular weight excluding hydrogens is 324 g/mol. The fourth-order valence-corrected chi connectivity index (χ4v) is 2.96. The van der Waals surface area contributed by atoms with Crippen LogP contribution in [0.1, 0.15) is 17.5 Å². The van der Waals surface area contributed by atoms with E-state index in [4.69, 9.17) is 0 Å². The van der Waals surface area contributed by atoms with Crippen LogP contribution < -0.4 is 10.6 Å². The van der Waals surface area contributed by atoms with E-state index >= 15 is 0 Å². The molecule has 2 N–H and O–H groups in total. The SMILES string of the molecule is CNC(=O)CCc1ccc(NC(=O)Cc2cccc3ccccc23)cc1. The van der Waals surface area contributed by atoms with Crippen LogP contribution in [-0.4, -0.2) is 18.9 Å². The molecule has 26 heavy (non-hydrogen) atoms. The Morgan fingerprint density at radius 3 is 2.35 bits per heavy atom. The molecule has 0 unspecified atom stereocenters. The quantitative estimate of drug-likeness (QED) is 0.715. The van der Waals surface area contributed by atoms with E-state index in [0.29, 0.717) is 19.3 Å². The summed E-state index contributed by atoms with van der Waals surface area (Å²) in [5.74, 6) is -0.0167. The molecule has 2 amide bonds. The molecule has 0 radical (unpaired) electrons. The molecule has 0 aliphatic carbocycles. The Labute approximate surface area is 153 Å². The summed E-state index contributed by atoms with van der Waals surface area (Å²) in [5, 5.41) is 7.80. The molecule has 3 aromatic carbocycles. The number of benzene rings is 3. The van der Waals surface area contributed by atoms with Crippen molar-refractivity contribution in [3.63, 3.8) is 0 Å². The Bertz CT molecular complexity index is 912. The van der Waals surface area contributed by atoms with Gasteiger partial charge in [0.05, 0.1) is 6.42 Å². The van der Waals surface area contributed by atoms with Gasteiger partial charge in [0.25, 0.3) is 0 Å². The van der Waals surface area contributed by atoms with Crippen LogP contribution in [0.25, 0.3) is 10.8 Å². The lowest BCUT2D eigenvalue weighted by molar-refractivity contribution is -0.120. The number of fused-ring (bicyclic) bond motifs is 1. The standard InChI is InChI=1S/C22H22N2O2/c1-23-21(25)14-11-16-9-12-19(13-10-16)24-22(26)15-18-7-4-6-17-5-2-3-8-20(17)18/h2-10,12-13H,11,14-15H2,1H3,(H,23,25)(H,24,26). The highest BCUT2D eigenvalue weighted by Crippen LogP contribution is 2.19. The average molecular weight is 346 g/mol. The highest BCUT2D eigenvalue weighted by molar-refractivity contribution is 5.96. The van der Waals surface area contributed by atoms with Crippen molar-refractivity contribution in [3.05, 3.63) is 77.9 Å². The van der Waals surface area contributed by atoms with Gasteiger partial charge in [-0.15, -0.1) is 0 Å². The van der Waals surface area contributed by atoms with Gasteiger partial charge in [-0.05, 0) is 40.5 Å². The smallest absolute Gasteiger partial charge is 0.228 e. The summed E-state index contributed by atoms with van der Waals surface area (Å²) in [4.78, 5) is 23.7. The van der Waals surface area contributed by atoms with Crippen molar-refractivity contribution in [2.24, 2.45) is 0 Å². The highest BCUT2D eigenvalue weighted by Gasteiger charge is 2.07. The van der Waals surface area contributed by atoms with E-state index < -0.39 is 0 Å². The summed E-state index contributed by atoms with van der Waals surface area (Å²) < 4.78 is 0. The lowest BCUT2D eigenvalue weighted by atomic mass is 10.0. The number of hydrogen-bond donors (Lipinski definition) is 2. The van der Waals surface area contributed by atoms with E-state index in [1.54, 1.807) is 7.05 Å². The Morgan fingerprint density at radius 1 is 0.846 bits per heavy atom. The first-order valence-electron chi connectivity index (χ1n) is 8.72. The Balaban J connectivity index is 1.62. The normalized spacial score (nSPS) is 10.5. The van der Waals surface area contributed by atoms with Crippen LogP contribution in [0.2, 0.25) is 0 Å². The van der Waals surface area contributed by atoms with Crippen molar-refractivity contribution >= 4 is 28.3 Å². The Hall–Kier alpha value is -3.14. The predicted molar refractivity (Wildman–Crippen MR) is 105 cm³/mol. The van der Waals surface area contributed by atoms with E-state index in [-0.39, 0.29) is 11.8 Å². The maximum Gasteiger partial charge on any atom is 0.228 e. The molecule has 4 heteroatoms. The van der Waals surface area contributed by atoms with Crippen molar-refractivity contribution in [1.82, 2.24) is 5.32 Å². The van der Waals surface area contributed by atoms with Crippen LogP contribution in [0.15, 0.2) is 66.7 Å². The first-order chi connectivity index (χ1) is 12.7. The van der Waals surface area contributed by atoms with Gasteiger partial charge in [0.1, 0.15) is 0 Å². The summed E-state index contributed by atoms with van der Waals surface area (Å²) in [6.07, 6.45) is 1.48. The lowest BCUT2D eigenvalue weighted by Crippen LogP contribution is -2.18. The molecule has 3 rings (SSSR count). The Morgan fingerprint density at radius 2 is 1.58 bits per heavy atom. The van der Waals surface area contributed by atoms with Gasteiger partial charge in [0, 0.05) is 19.2 Å². The van der Waals surface area contributed by atoms with E-state index in [1.165, 1.54) is 0 Å². The van der Waals surface area contributed by atoms with Crippen LogP contribution in [-0.2, 0) is 22.4 Å². The zero-order valence-electron chi connectivity index (χ0n) is 14.8. The fraction of sp³-hybridized carbons (Fsp3) is 0.182. The number of anilines is 1. The van der Waals surface area contributed by atoms with Crippen LogP contribution in [0, 0.1) is 0 Å². The van der Waals surface area contributed by atoms with Gasteiger partial charge < -0.3 is 10.6 Å². The first-order valence-corrected chi connectivity index (χ1v) is 8.72. The van der Waals surface area contributed by atoms with Crippen molar-refractivity contribution in [1.29, 1.82) is 0 Å². The minimum Gasteiger partial charge on any atom is -0.359 e. The largest absolute Gasteiger partial charge is 0.359 e. The van der Waals surface area contributed by atoms with Crippen LogP contribution >= 0.6 is 0 Å². The number of nitrogens with one attached hydrogen (secondary N) is 2. The number of amides is 2. The molecule has 0 spiro atoms. The van der Waals surface area contributed by atoms with Crippen LogP contribution in [0.3, 0.4) is 0 Å². The zero-order valence-corrected chi connectivity index (χ0v) is 14.8. The highest BCUT2D eigenvalue weighted by atomic mass is 16.2. The van der Waals surface area contributed by atoms with Gasteiger partial charge in [-0.1, -0.05) is 54.6 Å². The molecule has 0 saturated heterocycles. The fourth-order valence-electron chi connectivity index (χ4n) is 2.96. The third-order valence-corrected chi connectivity index (χ3v) is 4.39. The van der Waals surface area contributed by atoms with Crippen molar-refractivity contribution < 1.29 is 9.59 Å². The minimum atomic E-state index is -0.0422. The molecule has 0 bridgehead atoms. The third-order valence-electron chi connectivity index (χ3n) is 4.39. The van der Waals surface area contributed by atoms with Gasteiger partial charge >= 0.3 is 0 Å². The summed E-state index contributed by atoms with van der Waals surface area (Å²) in [6.45, 7) is 0. The number of carbonyl (C=O) groups is 2. The molecule has 4 nitrogen and oxygen atoms in total. The molecule has 0 saturated carbocycles. The predicted octanol–water partition coefficient (Wildman–Crippen LogP) is 3.70. The number of hydrogen-bond acceptors (Lipinski definition) is 2. The molecule has 132 valence electrons. The molecule has 0 aliphatic rings. The summed E-state index contributed by atoms with van der Waals surface area (Å²) in [6, 6.07) is 21.7. The third kappa shape index (κ3) is 4.48. The molecule has 0 aromatic heterocycles. The molecular formula is C22H22N2O2. The van der Waals surface area contributed by atoms with Crippen LogP contribution in [0.4, 0.5) is 5.69 Å². The minimum absolute atomic E-state index is 0.0254. The maximum absolute atomic E-state index is 12.4. The Kier molecular flexibility index (Phi) is 5.64. The second-order valence-corrected chi connectivity index (χ2v) is 6.23. The zero-order chi connectivity index (χ0) is 18.4. The molecule has 0 fully saturated rings. The molecule has 3 aromatic rings. The van der Waals surface area contributed by atoms with Gasteiger partial charge in [0.15, 0.2) is 0 Å². The topological polar surface area (TPSA) is 58.2 Å². The van der Waals surface area contributed by atoms with Gasteiger partial charge in [-0.3, -0.25) is 9.59 Å². The molecule has 0 aliphatic heterocycles. The van der Waals surface area contributed by atoms with Gasteiger partial charge in [-0.25, -0.2) is 0 Å². The van der Waals surface area contributed by atoms with Gasteiger partial charge in [-0.2, -0.15) is 0 Å². The monoisotopic (exact) mass is 346 g/mol. The summed E-state index contributed by atoms with van der Waals surface area (Å²) in [5.41, 5.74) is 2.85. The number of rotatable bonds is 6. The van der Waals surface area contributed by atoms with Gasteiger partial charge in [0.2, 0.25) is 11.8 Å². The second-order valence-electron chi connectivity index (χ2n) is 6.23. The van der Waals surface area contributed by atoms with E-state index in [2.05, 4.69) is 10.6 Å². The van der Waals surface area contributed by atoms with E-state index in [1.807, 2.05) is 66.7 Å². The number of carbonyl (C=O) groups excluding carboxylic acids is 2. The lowest BCUT2D eigenvalue weighted by Gasteiger charge is -2.09. The first kappa shape index (κ1) is 17.7. The maximum atomic E-state index is 12.4. The van der Waals surface area contributed by atoms with Crippen LogP contribution in [0.5, 0.6) is 0 Å². The number of aryl methyl sites for hydroxylation is 1. The summed E-state index contributed by atoms with van der Waals surface area (Å²) >= 11 is 0.